The smallest absolute Gasteiger partial charge is 0.116 e. The van der Waals surface area contributed by atoms with Crippen molar-refractivity contribution in [3.05, 3.63) is 72.9 Å². The Kier molecular flexibility index (Phi) is 2.30. The van der Waals surface area contributed by atoms with Crippen LogP contribution >= 0.6 is 0 Å². The minimum Gasteiger partial charge on any atom is -0.508 e. The van der Waals surface area contributed by atoms with Crippen molar-refractivity contribution in [2.75, 3.05) is 0 Å². The highest BCUT2D eigenvalue weighted by Crippen LogP contribution is 2.25. The molecule has 3 aromatic carbocycles. The molecule has 0 aliphatic carbocycles. The molecule has 0 aliphatic heterocycles. The summed E-state index contributed by atoms with van der Waals surface area (Å²) >= 11 is 0. The van der Waals surface area contributed by atoms with Crippen LogP contribution in [0.3, 0.4) is 0 Å². The molecule has 2 nitrogen and oxygen atoms in total. The van der Waals surface area contributed by atoms with Gasteiger partial charge in [0.2, 0.25) is 0 Å². The molecule has 20 heavy (non-hydrogen) atoms. The van der Waals surface area contributed by atoms with Gasteiger partial charge >= 0.3 is 0 Å². The maximum Gasteiger partial charge on any atom is 0.116 e. The van der Waals surface area contributed by atoms with Crippen molar-refractivity contribution >= 4 is 21.7 Å². The van der Waals surface area contributed by atoms with Gasteiger partial charge < -0.3 is 9.67 Å². The van der Waals surface area contributed by atoms with Crippen LogP contribution in [-0.2, 0) is 0 Å². The van der Waals surface area contributed by atoms with E-state index in [0.29, 0.717) is 5.75 Å². The highest BCUT2D eigenvalue weighted by molar-refractivity contribution is 5.87. The highest BCUT2D eigenvalue weighted by atomic mass is 16.3. The van der Waals surface area contributed by atoms with E-state index in [-0.39, 0.29) is 0 Å². The molecule has 96 valence electrons. The van der Waals surface area contributed by atoms with Crippen LogP contribution in [0.25, 0.3) is 27.4 Å². The lowest BCUT2D eigenvalue weighted by molar-refractivity contribution is 0.476. The normalized spacial score (nSPS) is 11.2. The Balaban J connectivity index is 1.96. The summed E-state index contributed by atoms with van der Waals surface area (Å²) in [5.41, 5.74) is 2.33. The number of nitrogens with zero attached hydrogens (tertiary/aromatic N) is 1. The van der Waals surface area contributed by atoms with Crippen LogP contribution in [0.2, 0.25) is 0 Å². The molecule has 0 radical (unpaired) electrons. The van der Waals surface area contributed by atoms with Crippen LogP contribution in [0, 0.1) is 0 Å². The number of benzene rings is 3. The van der Waals surface area contributed by atoms with Crippen molar-refractivity contribution in [2.24, 2.45) is 0 Å². The third-order valence-electron chi connectivity index (χ3n) is 3.69. The Morgan fingerprint density at radius 3 is 2.45 bits per heavy atom. The van der Waals surface area contributed by atoms with E-state index in [4.69, 9.17) is 0 Å². The molecule has 2 heteroatoms. The number of para-hydroxylation sites is 1. The fraction of sp³-hybridized carbons (Fsp3) is 0. The van der Waals surface area contributed by atoms with Crippen molar-refractivity contribution in [1.29, 1.82) is 0 Å². The van der Waals surface area contributed by atoms with Crippen LogP contribution in [0.5, 0.6) is 5.75 Å². The fourth-order valence-electron chi connectivity index (χ4n) is 2.68. The van der Waals surface area contributed by atoms with E-state index in [1.54, 1.807) is 12.1 Å². The van der Waals surface area contributed by atoms with Gasteiger partial charge in [-0.3, -0.25) is 0 Å². The Hall–Kier alpha value is -2.74. The number of phenols is 1. The molecule has 0 aliphatic rings. The first-order valence-corrected chi connectivity index (χ1v) is 6.60. The lowest BCUT2D eigenvalue weighted by Crippen LogP contribution is -1.91. The van der Waals surface area contributed by atoms with Crippen LogP contribution in [0.15, 0.2) is 72.9 Å². The summed E-state index contributed by atoms with van der Waals surface area (Å²) in [5.74, 6) is 0.302. The van der Waals surface area contributed by atoms with E-state index in [1.165, 1.54) is 10.9 Å². The Morgan fingerprint density at radius 1 is 0.700 bits per heavy atom. The standard InChI is InChI=1S/C18H13NO/c20-17-8-6-14-11-16(7-5-15(14)12-17)19-10-9-13-3-1-2-4-18(13)19/h1-12,20H. The van der Waals surface area contributed by atoms with Crippen LogP contribution in [0.1, 0.15) is 0 Å². The van der Waals surface area contributed by atoms with Crippen molar-refractivity contribution < 1.29 is 5.11 Å². The molecular weight excluding hydrogens is 246 g/mol. The average Bonchev–Trinajstić information content (AvgIpc) is 2.91. The summed E-state index contributed by atoms with van der Waals surface area (Å²) in [6, 6.07) is 22.2. The van der Waals surface area contributed by atoms with E-state index in [9.17, 15) is 5.11 Å². The quantitative estimate of drug-likeness (QED) is 0.535. The number of aromatic hydroxyl groups is 1. The molecule has 4 aromatic rings. The van der Waals surface area contributed by atoms with E-state index >= 15 is 0 Å². The second-order valence-corrected chi connectivity index (χ2v) is 4.96. The zero-order valence-electron chi connectivity index (χ0n) is 10.8. The zero-order valence-corrected chi connectivity index (χ0v) is 10.8. The largest absolute Gasteiger partial charge is 0.508 e. The lowest BCUT2D eigenvalue weighted by Gasteiger charge is -2.07. The first-order valence-electron chi connectivity index (χ1n) is 6.60. The van der Waals surface area contributed by atoms with Gasteiger partial charge in [-0.1, -0.05) is 30.3 Å². The van der Waals surface area contributed by atoms with Gasteiger partial charge in [0, 0.05) is 11.9 Å². The van der Waals surface area contributed by atoms with Crippen LogP contribution in [-0.4, -0.2) is 9.67 Å². The Morgan fingerprint density at radius 2 is 1.50 bits per heavy atom. The van der Waals surface area contributed by atoms with Gasteiger partial charge in [-0.15, -0.1) is 0 Å². The predicted molar refractivity (Wildman–Crippen MR) is 82.4 cm³/mol. The molecule has 0 spiro atoms. The van der Waals surface area contributed by atoms with Gasteiger partial charge in [0.25, 0.3) is 0 Å². The van der Waals surface area contributed by atoms with Gasteiger partial charge in [-0.05, 0) is 52.6 Å². The summed E-state index contributed by atoms with van der Waals surface area (Å²) in [5, 5.41) is 12.9. The monoisotopic (exact) mass is 259 g/mol. The minimum absolute atomic E-state index is 0.302. The second-order valence-electron chi connectivity index (χ2n) is 4.96. The number of rotatable bonds is 1. The molecule has 0 unspecified atom stereocenters. The third kappa shape index (κ3) is 1.66. The Labute approximate surface area is 116 Å². The maximum atomic E-state index is 9.52. The highest BCUT2D eigenvalue weighted by Gasteiger charge is 2.03. The molecule has 0 saturated heterocycles. The van der Waals surface area contributed by atoms with Crippen molar-refractivity contribution in [3.8, 4) is 11.4 Å². The third-order valence-corrected chi connectivity index (χ3v) is 3.69. The molecule has 1 N–H and O–H groups in total. The van der Waals surface area contributed by atoms with Crippen LogP contribution in [0.4, 0.5) is 0 Å². The summed E-state index contributed by atoms with van der Waals surface area (Å²) in [7, 11) is 0. The molecule has 0 saturated carbocycles. The van der Waals surface area contributed by atoms with E-state index in [0.717, 1.165) is 16.5 Å². The number of aromatic nitrogens is 1. The van der Waals surface area contributed by atoms with E-state index in [1.807, 2.05) is 12.1 Å². The van der Waals surface area contributed by atoms with Crippen molar-refractivity contribution in [2.45, 2.75) is 0 Å². The van der Waals surface area contributed by atoms with Crippen molar-refractivity contribution in [3.63, 3.8) is 0 Å². The molecule has 1 heterocycles. The molecule has 0 fully saturated rings. The average molecular weight is 259 g/mol. The predicted octanol–water partition coefficient (Wildman–Crippen LogP) is 4.49. The topological polar surface area (TPSA) is 25.2 Å². The molecule has 0 amide bonds. The number of hydrogen-bond donors (Lipinski definition) is 1. The second kappa shape index (κ2) is 4.14. The summed E-state index contributed by atoms with van der Waals surface area (Å²) in [6.45, 7) is 0. The first-order chi connectivity index (χ1) is 9.81. The maximum absolute atomic E-state index is 9.52. The lowest BCUT2D eigenvalue weighted by atomic mass is 10.1. The van der Waals surface area contributed by atoms with Crippen LogP contribution < -0.4 is 0 Å². The van der Waals surface area contributed by atoms with Gasteiger partial charge in [0.15, 0.2) is 0 Å². The number of hydrogen-bond acceptors (Lipinski definition) is 1. The minimum atomic E-state index is 0.302. The fourth-order valence-corrected chi connectivity index (χ4v) is 2.68. The van der Waals surface area contributed by atoms with E-state index < -0.39 is 0 Å². The Bertz CT molecular complexity index is 921. The van der Waals surface area contributed by atoms with E-state index in [2.05, 4.69) is 53.2 Å². The molecule has 1 aromatic heterocycles. The van der Waals surface area contributed by atoms with Gasteiger partial charge in [-0.2, -0.15) is 0 Å². The van der Waals surface area contributed by atoms with Gasteiger partial charge in [-0.25, -0.2) is 0 Å². The molecular formula is C18H13NO. The molecule has 0 bridgehead atoms. The van der Waals surface area contributed by atoms with Gasteiger partial charge in [0.05, 0.1) is 5.52 Å². The zero-order chi connectivity index (χ0) is 13.5. The molecule has 4 rings (SSSR count). The van der Waals surface area contributed by atoms with Gasteiger partial charge in [0.1, 0.15) is 5.75 Å². The van der Waals surface area contributed by atoms with Crippen molar-refractivity contribution in [1.82, 2.24) is 4.57 Å². The first kappa shape index (κ1) is 11.1. The molecule has 0 atom stereocenters. The number of phenolic OH excluding ortho intramolecular Hbond substituents is 1. The number of fused-ring (bicyclic) bond motifs is 2. The summed E-state index contributed by atoms with van der Waals surface area (Å²) in [6.07, 6.45) is 2.09. The SMILES string of the molecule is Oc1ccc2cc(-n3ccc4ccccc43)ccc2c1. The summed E-state index contributed by atoms with van der Waals surface area (Å²) < 4.78 is 2.18. The summed E-state index contributed by atoms with van der Waals surface area (Å²) in [4.78, 5) is 0.